The number of nitrogens with zero attached hydrogens (tertiary/aromatic N) is 2. The van der Waals surface area contributed by atoms with E-state index in [4.69, 9.17) is 11.6 Å². The molecule has 0 atom stereocenters. The van der Waals surface area contributed by atoms with Crippen LogP contribution in [0.1, 0.15) is 39.5 Å². The SMILES string of the molecule is CC(C)N1CCN(C(=O)C2CCC(NS(=O)(=O)c3ccc(Cl)s3)CC2)CC1. The average Bonchev–Trinajstić information content (AvgIpc) is 3.09. The highest BCUT2D eigenvalue weighted by Gasteiger charge is 2.33. The number of nitrogens with one attached hydrogen (secondary N) is 1. The van der Waals surface area contributed by atoms with Crippen LogP contribution in [0.25, 0.3) is 0 Å². The molecule has 6 nitrogen and oxygen atoms in total. The van der Waals surface area contributed by atoms with Crippen LogP contribution in [0.4, 0.5) is 0 Å². The van der Waals surface area contributed by atoms with Crippen molar-refractivity contribution in [2.75, 3.05) is 26.2 Å². The van der Waals surface area contributed by atoms with Crippen molar-refractivity contribution in [3.63, 3.8) is 0 Å². The molecule has 2 fully saturated rings. The first-order valence-electron chi connectivity index (χ1n) is 9.57. The summed E-state index contributed by atoms with van der Waals surface area (Å²) in [5.74, 6) is 0.261. The van der Waals surface area contributed by atoms with Gasteiger partial charge in [-0.25, -0.2) is 13.1 Å². The van der Waals surface area contributed by atoms with Crippen molar-refractivity contribution < 1.29 is 13.2 Å². The van der Waals surface area contributed by atoms with Gasteiger partial charge in [0.15, 0.2) is 0 Å². The Morgan fingerprint density at radius 3 is 2.30 bits per heavy atom. The molecular formula is C18H28ClN3O3S2. The van der Waals surface area contributed by atoms with Crippen molar-refractivity contribution in [1.82, 2.24) is 14.5 Å². The zero-order valence-electron chi connectivity index (χ0n) is 15.9. The van der Waals surface area contributed by atoms with E-state index in [1.54, 1.807) is 6.07 Å². The van der Waals surface area contributed by atoms with Gasteiger partial charge in [-0.2, -0.15) is 0 Å². The van der Waals surface area contributed by atoms with Gasteiger partial charge in [0.2, 0.25) is 15.9 Å². The standard InChI is InChI=1S/C18H28ClN3O3S2/c1-13(2)21-9-11-22(12-10-21)18(23)14-3-5-15(6-4-14)20-27(24,25)17-8-7-16(19)26-17/h7-8,13-15,20H,3-6,9-12H2,1-2H3. The molecule has 0 aromatic carbocycles. The second-order valence-electron chi connectivity index (χ2n) is 7.68. The van der Waals surface area contributed by atoms with Crippen LogP contribution in [0.3, 0.4) is 0 Å². The molecule has 3 rings (SSSR count). The van der Waals surface area contributed by atoms with E-state index in [0.717, 1.165) is 50.4 Å². The van der Waals surface area contributed by atoms with E-state index in [-0.39, 0.29) is 22.1 Å². The van der Waals surface area contributed by atoms with Crippen molar-refractivity contribution in [3.05, 3.63) is 16.5 Å². The van der Waals surface area contributed by atoms with Crippen LogP contribution in [0, 0.1) is 5.92 Å². The monoisotopic (exact) mass is 433 g/mol. The molecule has 27 heavy (non-hydrogen) atoms. The van der Waals surface area contributed by atoms with E-state index in [2.05, 4.69) is 23.5 Å². The zero-order chi connectivity index (χ0) is 19.6. The molecule has 0 spiro atoms. The third kappa shape index (κ3) is 5.23. The van der Waals surface area contributed by atoms with E-state index in [0.29, 0.717) is 23.2 Å². The smallest absolute Gasteiger partial charge is 0.250 e. The Kier molecular flexibility index (Phi) is 6.84. The summed E-state index contributed by atoms with van der Waals surface area (Å²) >= 11 is 6.90. The average molecular weight is 434 g/mol. The maximum Gasteiger partial charge on any atom is 0.250 e. The molecule has 1 amide bonds. The summed E-state index contributed by atoms with van der Waals surface area (Å²) in [6.45, 7) is 7.82. The van der Waals surface area contributed by atoms with Gasteiger partial charge < -0.3 is 4.90 Å². The fourth-order valence-corrected chi connectivity index (χ4v) is 6.70. The second kappa shape index (κ2) is 8.78. The van der Waals surface area contributed by atoms with Crippen LogP contribution in [0.2, 0.25) is 4.34 Å². The molecule has 2 heterocycles. The minimum absolute atomic E-state index is 0.0209. The summed E-state index contributed by atoms with van der Waals surface area (Å²) in [6, 6.07) is 3.53. The van der Waals surface area contributed by atoms with Crippen molar-refractivity contribution in [3.8, 4) is 0 Å². The number of thiophene rings is 1. The van der Waals surface area contributed by atoms with E-state index in [1.165, 1.54) is 6.07 Å². The molecule has 0 bridgehead atoms. The van der Waals surface area contributed by atoms with Gasteiger partial charge in [-0.1, -0.05) is 11.6 Å². The topological polar surface area (TPSA) is 69.7 Å². The predicted octanol–water partition coefficient (Wildman–Crippen LogP) is 2.79. The number of carbonyl (C=O) groups is 1. The highest BCUT2D eigenvalue weighted by atomic mass is 35.5. The predicted molar refractivity (Wildman–Crippen MR) is 109 cm³/mol. The number of rotatable bonds is 5. The lowest BCUT2D eigenvalue weighted by Crippen LogP contribution is -2.52. The number of halogens is 1. The molecule has 1 aliphatic heterocycles. The van der Waals surface area contributed by atoms with Crippen LogP contribution in [0.15, 0.2) is 16.3 Å². The fraction of sp³-hybridized carbons (Fsp3) is 0.722. The molecule has 152 valence electrons. The van der Waals surface area contributed by atoms with Crippen molar-refractivity contribution in [2.24, 2.45) is 5.92 Å². The minimum atomic E-state index is -3.53. The lowest BCUT2D eigenvalue weighted by Gasteiger charge is -2.39. The quantitative estimate of drug-likeness (QED) is 0.775. The number of carbonyl (C=O) groups excluding carboxylic acids is 1. The van der Waals surface area contributed by atoms with Crippen molar-refractivity contribution in [2.45, 2.75) is 55.8 Å². The lowest BCUT2D eigenvalue weighted by atomic mass is 9.85. The molecule has 1 aliphatic carbocycles. The van der Waals surface area contributed by atoms with Gasteiger partial charge in [0.1, 0.15) is 4.21 Å². The summed E-state index contributed by atoms with van der Waals surface area (Å²) in [5.41, 5.74) is 0. The number of piperazine rings is 1. The molecule has 1 saturated heterocycles. The van der Waals surface area contributed by atoms with E-state index in [1.807, 2.05) is 4.90 Å². The van der Waals surface area contributed by atoms with Crippen LogP contribution in [-0.2, 0) is 14.8 Å². The third-order valence-electron chi connectivity index (χ3n) is 5.57. The van der Waals surface area contributed by atoms with E-state index < -0.39 is 10.0 Å². The number of hydrogen-bond acceptors (Lipinski definition) is 5. The number of sulfonamides is 1. The Hall–Kier alpha value is -0.670. The molecule has 1 aromatic heterocycles. The second-order valence-corrected chi connectivity index (χ2v) is 11.3. The van der Waals surface area contributed by atoms with Crippen molar-refractivity contribution in [1.29, 1.82) is 0 Å². The zero-order valence-corrected chi connectivity index (χ0v) is 18.2. The first kappa shape index (κ1) is 21.0. The van der Waals surface area contributed by atoms with Crippen LogP contribution < -0.4 is 4.72 Å². The maximum atomic E-state index is 12.8. The number of amides is 1. The molecule has 1 aromatic rings. The van der Waals surface area contributed by atoms with Crippen LogP contribution >= 0.6 is 22.9 Å². The number of hydrogen-bond donors (Lipinski definition) is 1. The molecule has 1 saturated carbocycles. The largest absolute Gasteiger partial charge is 0.340 e. The summed E-state index contributed by atoms with van der Waals surface area (Å²) in [5, 5.41) is 0. The van der Waals surface area contributed by atoms with Gasteiger partial charge in [0, 0.05) is 44.2 Å². The highest BCUT2D eigenvalue weighted by Crippen LogP contribution is 2.29. The first-order chi connectivity index (χ1) is 12.8. The first-order valence-corrected chi connectivity index (χ1v) is 12.2. The normalized spacial score (nSPS) is 25.1. The van der Waals surface area contributed by atoms with Gasteiger partial charge in [0.25, 0.3) is 0 Å². The molecule has 0 radical (unpaired) electrons. The molecule has 2 aliphatic rings. The summed E-state index contributed by atoms with van der Waals surface area (Å²) in [6.07, 6.45) is 2.87. The van der Waals surface area contributed by atoms with Gasteiger partial charge in [-0.05, 0) is 51.7 Å². The molecule has 0 unspecified atom stereocenters. The Bertz CT molecular complexity index is 750. The summed E-state index contributed by atoms with van der Waals surface area (Å²) in [4.78, 5) is 17.2. The Balaban J connectivity index is 1.48. The lowest BCUT2D eigenvalue weighted by molar-refractivity contribution is -0.138. The van der Waals surface area contributed by atoms with Gasteiger partial charge in [0.05, 0.1) is 4.34 Å². The highest BCUT2D eigenvalue weighted by molar-refractivity contribution is 7.91. The minimum Gasteiger partial charge on any atom is -0.340 e. The van der Waals surface area contributed by atoms with Gasteiger partial charge in [-0.3, -0.25) is 9.69 Å². The Morgan fingerprint density at radius 2 is 1.78 bits per heavy atom. The van der Waals surface area contributed by atoms with E-state index >= 15 is 0 Å². The molecule has 1 N–H and O–H groups in total. The Labute approximate surface area is 170 Å². The van der Waals surface area contributed by atoms with E-state index in [9.17, 15) is 13.2 Å². The maximum absolute atomic E-state index is 12.8. The van der Waals surface area contributed by atoms with Crippen LogP contribution in [-0.4, -0.2) is 62.4 Å². The van der Waals surface area contributed by atoms with Crippen molar-refractivity contribution >= 4 is 38.9 Å². The van der Waals surface area contributed by atoms with Gasteiger partial charge >= 0.3 is 0 Å². The summed E-state index contributed by atoms with van der Waals surface area (Å²) in [7, 11) is -3.53. The Morgan fingerprint density at radius 1 is 1.15 bits per heavy atom. The van der Waals surface area contributed by atoms with Gasteiger partial charge in [-0.15, -0.1) is 11.3 Å². The third-order valence-corrected chi connectivity index (χ3v) is 8.81. The summed E-state index contributed by atoms with van der Waals surface area (Å²) < 4.78 is 28.3. The molecule has 9 heteroatoms. The fourth-order valence-electron chi connectivity index (χ4n) is 3.89. The molecular weight excluding hydrogens is 406 g/mol. The van der Waals surface area contributed by atoms with Crippen LogP contribution in [0.5, 0.6) is 0 Å².